The molecule has 0 aromatic carbocycles. The molecule has 2 bridgehead atoms. The number of nitrogens with one attached hydrogen (secondary N) is 2. The van der Waals surface area contributed by atoms with Crippen molar-refractivity contribution in [1.29, 1.82) is 0 Å². The molecule has 2 unspecified atom stereocenters. The van der Waals surface area contributed by atoms with Gasteiger partial charge in [0, 0.05) is 23.4 Å². The minimum absolute atomic E-state index is 0.160. The van der Waals surface area contributed by atoms with Gasteiger partial charge in [-0.15, -0.1) is 11.3 Å². The van der Waals surface area contributed by atoms with Crippen molar-refractivity contribution in [3.63, 3.8) is 0 Å². The number of fused-ring (bicyclic) bond motifs is 3. The predicted octanol–water partition coefficient (Wildman–Crippen LogP) is 2.88. The van der Waals surface area contributed by atoms with E-state index >= 15 is 0 Å². The summed E-state index contributed by atoms with van der Waals surface area (Å²) in [6.07, 6.45) is 10.3. The van der Waals surface area contributed by atoms with Crippen LogP contribution in [0.5, 0.6) is 0 Å². The van der Waals surface area contributed by atoms with Crippen molar-refractivity contribution in [1.82, 2.24) is 10.3 Å². The van der Waals surface area contributed by atoms with Crippen molar-refractivity contribution in [3.8, 4) is 0 Å². The molecule has 21 heavy (non-hydrogen) atoms. The van der Waals surface area contributed by atoms with Gasteiger partial charge in [-0.05, 0) is 57.3 Å². The molecular weight excluding hydrogens is 282 g/mol. The summed E-state index contributed by atoms with van der Waals surface area (Å²) in [7, 11) is 0. The third-order valence-electron chi connectivity index (χ3n) is 5.14. The Morgan fingerprint density at radius 1 is 1.24 bits per heavy atom. The Hall–Kier alpha value is -0.940. The number of thiazole rings is 1. The summed E-state index contributed by atoms with van der Waals surface area (Å²) < 4.78 is 0. The minimum atomic E-state index is 0.160. The topological polar surface area (TPSA) is 54.0 Å². The van der Waals surface area contributed by atoms with Crippen LogP contribution >= 0.6 is 11.3 Å². The first-order chi connectivity index (χ1) is 10.3. The average molecular weight is 305 g/mol. The number of piperidine rings is 1. The first kappa shape index (κ1) is 13.7. The number of carbonyl (C=O) groups is 1. The number of anilines is 1. The van der Waals surface area contributed by atoms with E-state index in [-0.39, 0.29) is 5.91 Å². The van der Waals surface area contributed by atoms with Crippen molar-refractivity contribution >= 4 is 22.4 Å². The Balaban J connectivity index is 1.34. The van der Waals surface area contributed by atoms with E-state index in [1.54, 1.807) is 11.3 Å². The monoisotopic (exact) mass is 305 g/mol. The van der Waals surface area contributed by atoms with Crippen LogP contribution in [0.1, 0.15) is 55.5 Å². The molecule has 1 aromatic rings. The Kier molecular flexibility index (Phi) is 3.71. The molecule has 0 saturated carbocycles. The summed E-state index contributed by atoms with van der Waals surface area (Å²) in [5.41, 5.74) is 1.22. The maximum Gasteiger partial charge on any atom is 0.226 e. The Morgan fingerprint density at radius 2 is 2.00 bits per heavy atom. The third kappa shape index (κ3) is 2.99. The smallest absolute Gasteiger partial charge is 0.226 e. The van der Waals surface area contributed by atoms with E-state index in [9.17, 15) is 4.79 Å². The number of hydrogen-bond acceptors (Lipinski definition) is 4. The van der Waals surface area contributed by atoms with Crippen LogP contribution in [0.3, 0.4) is 0 Å². The highest BCUT2D eigenvalue weighted by molar-refractivity contribution is 7.15. The zero-order chi connectivity index (χ0) is 14.2. The van der Waals surface area contributed by atoms with Gasteiger partial charge in [-0.3, -0.25) is 4.79 Å². The lowest BCUT2D eigenvalue weighted by molar-refractivity contribution is -0.117. The highest BCUT2D eigenvalue weighted by Crippen LogP contribution is 2.33. The second-order valence-electron chi connectivity index (χ2n) is 6.82. The van der Waals surface area contributed by atoms with Gasteiger partial charge < -0.3 is 10.6 Å². The van der Waals surface area contributed by atoms with Gasteiger partial charge in [-0.1, -0.05) is 0 Å². The molecule has 2 N–H and O–H groups in total. The average Bonchev–Trinajstić information content (AvgIpc) is 3.01. The quantitative estimate of drug-likeness (QED) is 0.903. The highest BCUT2D eigenvalue weighted by Gasteiger charge is 2.34. The lowest BCUT2D eigenvalue weighted by Gasteiger charge is -2.28. The number of carbonyl (C=O) groups excluding carboxylic acids is 1. The van der Waals surface area contributed by atoms with Crippen LogP contribution in [0.2, 0.25) is 0 Å². The van der Waals surface area contributed by atoms with E-state index in [2.05, 4.69) is 15.6 Å². The van der Waals surface area contributed by atoms with Crippen LogP contribution in [0.4, 0.5) is 5.13 Å². The van der Waals surface area contributed by atoms with Crippen LogP contribution in [-0.4, -0.2) is 23.0 Å². The molecule has 0 spiro atoms. The molecule has 2 saturated heterocycles. The maximum absolute atomic E-state index is 12.3. The van der Waals surface area contributed by atoms with Crippen molar-refractivity contribution in [2.75, 3.05) is 5.32 Å². The molecule has 1 aliphatic carbocycles. The lowest BCUT2D eigenvalue weighted by atomic mass is 9.89. The van der Waals surface area contributed by atoms with E-state index in [0.717, 1.165) is 30.8 Å². The third-order valence-corrected chi connectivity index (χ3v) is 6.21. The summed E-state index contributed by atoms with van der Waals surface area (Å²) in [5.74, 6) is 0.714. The van der Waals surface area contributed by atoms with Crippen LogP contribution < -0.4 is 10.6 Å². The standard InChI is InChI=1S/C16H23N3OS/c20-15(9-10-7-11-5-6-12(8-10)17-11)19-16-18-13-3-1-2-4-14(13)21-16/h10-12,17H,1-9H2,(H,18,19,20). The molecule has 2 aliphatic heterocycles. The Labute approximate surface area is 129 Å². The normalized spacial score (nSPS) is 31.0. The van der Waals surface area contributed by atoms with Crippen LogP contribution in [0.15, 0.2) is 0 Å². The fourth-order valence-corrected chi connectivity index (χ4v) is 5.25. The Bertz CT molecular complexity index is 506. The fourth-order valence-electron chi connectivity index (χ4n) is 4.18. The van der Waals surface area contributed by atoms with Crippen molar-refractivity contribution in [3.05, 3.63) is 10.6 Å². The summed E-state index contributed by atoms with van der Waals surface area (Å²) >= 11 is 1.68. The second-order valence-corrected chi connectivity index (χ2v) is 7.91. The van der Waals surface area contributed by atoms with Gasteiger partial charge in [-0.2, -0.15) is 0 Å². The number of aromatic nitrogens is 1. The van der Waals surface area contributed by atoms with Crippen LogP contribution in [-0.2, 0) is 17.6 Å². The van der Waals surface area contributed by atoms with Crippen molar-refractivity contribution in [2.45, 2.75) is 69.9 Å². The SMILES string of the molecule is O=C(CC1CC2CCC(C1)N2)Nc1nc2c(s1)CCCC2. The van der Waals surface area contributed by atoms with Crippen LogP contribution in [0, 0.1) is 5.92 Å². The van der Waals surface area contributed by atoms with E-state index in [1.165, 1.54) is 36.3 Å². The minimum Gasteiger partial charge on any atom is -0.311 e. The Morgan fingerprint density at radius 3 is 2.76 bits per heavy atom. The molecule has 3 heterocycles. The van der Waals surface area contributed by atoms with Crippen molar-refractivity contribution in [2.24, 2.45) is 5.92 Å². The van der Waals surface area contributed by atoms with Gasteiger partial charge in [0.2, 0.25) is 5.91 Å². The summed E-state index contributed by atoms with van der Waals surface area (Å²) in [6, 6.07) is 1.32. The van der Waals surface area contributed by atoms with Gasteiger partial charge in [0.05, 0.1) is 5.69 Å². The number of nitrogens with zero attached hydrogens (tertiary/aromatic N) is 1. The van der Waals surface area contributed by atoms with E-state index in [1.807, 2.05) is 0 Å². The number of amides is 1. The molecule has 5 heteroatoms. The fraction of sp³-hybridized carbons (Fsp3) is 0.750. The lowest BCUT2D eigenvalue weighted by Crippen LogP contribution is -2.39. The van der Waals surface area contributed by atoms with Gasteiger partial charge >= 0.3 is 0 Å². The molecule has 1 aromatic heterocycles. The second kappa shape index (κ2) is 5.69. The molecule has 4 nitrogen and oxygen atoms in total. The first-order valence-corrected chi connectivity index (χ1v) is 9.12. The molecule has 114 valence electrons. The van der Waals surface area contributed by atoms with E-state index in [0.29, 0.717) is 24.4 Å². The zero-order valence-corrected chi connectivity index (χ0v) is 13.2. The molecule has 1 amide bonds. The van der Waals surface area contributed by atoms with Gasteiger partial charge in [0.15, 0.2) is 5.13 Å². The number of aryl methyl sites for hydroxylation is 2. The predicted molar refractivity (Wildman–Crippen MR) is 84.7 cm³/mol. The summed E-state index contributed by atoms with van der Waals surface area (Å²) in [6.45, 7) is 0. The van der Waals surface area contributed by atoms with E-state index < -0.39 is 0 Å². The van der Waals surface area contributed by atoms with E-state index in [4.69, 9.17) is 0 Å². The number of rotatable bonds is 3. The zero-order valence-electron chi connectivity index (χ0n) is 12.4. The molecular formula is C16H23N3OS. The first-order valence-electron chi connectivity index (χ1n) is 8.31. The molecule has 3 aliphatic rings. The van der Waals surface area contributed by atoms with Crippen LogP contribution in [0.25, 0.3) is 0 Å². The van der Waals surface area contributed by atoms with Gasteiger partial charge in [0.25, 0.3) is 0 Å². The summed E-state index contributed by atoms with van der Waals surface area (Å²) in [4.78, 5) is 18.2. The summed E-state index contributed by atoms with van der Waals surface area (Å²) in [5, 5.41) is 7.50. The van der Waals surface area contributed by atoms with Gasteiger partial charge in [0.1, 0.15) is 0 Å². The number of hydrogen-bond donors (Lipinski definition) is 2. The largest absolute Gasteiger partial charge is 0.311 e. The molecule has 4 rings (SSSR count). The van der Waals surface area contributed by atoms with Crippen molar-refractivity contribution < 1.29 is 4.79 Å². The molecule has 0 radical (unpaired) electrons. The molecule has 2 fully saturated rings. The maximum atomic E-state index is 12.3. The van der Waals surface area contributed by atoms with Gasteiger partial charge in [-0.25, -0.2) is 4.98 Å². The molecule has 2 atom stereocenters. The highest BCUT2D eigenvalue weighted by atomic mass is 32.1.